The quantitative estimate of drug-likeness (QED) is 0.706. The van der Waals surface area contributed by atoms with Crippen molar-refractivity contribution in [3.63, 3.8) is 0 Å². The van der Waals surface area contributed by atoms with Gasteiger partial charge in [0, 0.05) is 16.6 Å². The summed E-state index contributed by atoms with van der Waals surface area (Å²) in [6.07, 6.45) is 4.41. The van der Waals surface area contributed by atoms with Gasteiger partial charge < -0.3 is 4.74 Å². The standard InChI is InChI=1S/C21H21NO2/c1-2-24-16-13-11-15(12-14-16)21(23)22-19-9-5-3-7-17(19)18-8-4-6-10-20(18)22/h3,5,7,9,11-14H,2,4,6,8,10H2,1H3. The minimum absolute atomic E-state index is 0.0531. The monoisotopic (exact) mass is 319 g/mol. The zero-order valence-corrected chi connectivity index (χ0v) is 13.9. The molecule has 0 bridgehead atoms. The first-order valence-corrected chi connectivity index (χ1v) is 8.68. The molecule has 2 aromatic carbocycles. The summed E-state index contributed by atoms with van der Waals surface area (Å²) >= 11 is 0. The van der Waals surface area contributed by atoms with Crippen molar-refractivity contribution in [3.8, 4) is 5.75 Å². The zero-order valence-electron chi connectivity index (χ0n) is 13.9. The molecule has 0 radical (unpaired) electrons. The van der Waals surface area contributed by atoms with Crippen LogP contribution < -0.4 is 4.74 Å². The highest BCUT2D eigenvalue weighted by Crippen LogP contribution is 2.32. The van der Waals surface area contributed by atoms with Gasteiger partial charge in [-0.05, 0) is 68.5 Å². The second-order valence-electron chi connectivity index (χ2n) is 6.25. The number of rotatable bonds is 3. The molecule has 0 N–H and O–H groups in total. The number of fused-ring (bicyclic) bond motifs is 3. The molecule has 0 spiro atoms. The minimum atomic E-state index is 0.0531. The highest BCUT2D eigenvalue weighted by molar-refractivity contribution is 6.04. The molecule has 3 aromatic rings. The molecule has 3 heteroatoms. The molecule has 0 saturated heterocycles. The topological polar surface area (TPSA) is 31.2 Å². The first kappa shape index (κ1) is 15.0. The number of nitrogens with zero attached hydrogens (tertiary/aromatic N) is 1. The van der Waals surface area contributed by atoms with E-state index >= 15 is 0 Å². The van der Waals surface area contributed by atoms with Gasteiger partial charge in [0.15, 0.2) is 0 Å². The van der Waals surface area contributed by atoms with Crippen LogP contribution in [0.1, 0.15) is 41.4 Å². The Morgan fingerprint density at radius 3 is 2.58 bits per heavy atom. The Morgan fingerprint density at radius 1 is 1.04 bits per heavy atom. The third-order valence-electron chi connectivity index (χ3n) is 4.79. The molecule has 0 aliphatic heterocycles. The van der Waals surface area contributed by atoms with E-state index in [1.165, 1.54) is 23.1 Å². The number of aromatic nitrogens is 1. The van der Waals surface area contributed by atoms with Gasteiger partial charge in [-0.25, -0.2) is 0 Å². The summed E-state index contributed by atoms with van der Waals surface area (Å²) in [5, 5.41) is 1.23. The maximum absolute atomic E-state index is 13.2. The van der Waals surface area contributed by atoms with Gasteiger partial charge in [0.25, 0.3) is 5.91 Å². The van der Waals surface area contributed by atoms with E-state index in [1.807, 2.05) is 41.8 Å². The molecule has 1 aliphatic carbocycles. The maximum Gasteiger partial charge on any atom is 0.262 e. The van der Waals surface area contributed by atoms with E-state index in [-0.39, 0.29) is 5.91 Å². The van der Waals surface area contributed by atoms with Crippen LogP contribution in [0.2, 0.25) is 0 Å². The summed E-state index contributed by atoms with van der Waals surface area (Å²) in [6.45, 7) is 2.58. The lowest BCUT2D eigenvalue weighted by atomic mass is 9.95. The van der Waals surface area contributed by atoms with Gasteiger partial charge in [-0.3, -0.25) is 9.36 Å². The fourth-order valence-electron chi connectivity index (χ4n) is 3.72. The fourth-order valence-corrected chi connectivity index (χ4v) is 3.72. The third kappa shape index (κ3) is 2.41. The van der Waals surface area contributed by atoms with Crippen LogP contribution in [0.5, 0.6) is 5.75 Å². The Labute approximate surface area is 141 Å². The number of para-hydroxylation sites is 1. The molecule has 0 amide bonds. The molecule has 24 heavy (non-hydrogen) atoms. The van der Waals surface area contributed by atoms with Crippen LogP contribution in [-0.2, 0) is 12.8 Å². The number of aryl methyl sites for hydroxylation is 1. The van der Waals surface area contributed by atoms with Crippen molar-refractivity contribution in [3.05, 3.63) is 65.4 Å². The van der Waals surface area contributed by atoms with Crippen molar-refractivity contribution in [1.82, 2.24) is 4.57 Å². The number of ether oxygens (including phenoxy) is 1. The Bertz CT molecular complexity index is 890. The first-order valence-electron chi connectivity index (χ1n) is 8.68. The van der Waals surface area contributed by atoms with Crippen molar-refractivity contribution >= 4 is 16.8 Å². The predicted molar refractivity (Wildman–Crippen MR) is 95.9 cm³/mol. The molecule has 0 fully saturated rings. The normalized spacial score (nSPS) is 13.7. The van der Waals surface area contributed by atoms with E-state index in [1.54, 1.807) is 0 Å². The number of hydrogen-bond acceptors (Lipinski definition) is 2. The summed E-state index contributed by atoms with van der Waals surface area (Å²) in [6, 6.07) is 15.7. The Hall–Kier alpha value is -2.55. The summed E-state index contributed by atoms with van der Waals surface area (Å²) in [5.41, 5.74) is 4.29. The van der Waals surface area contributed by atoms with Crippen LogP contribution in [0.25, 0.3) is 10.9 Å². The smallest absolute Gasteiger partial charge is 0.262 e. The van der Waals surface area contributed by atoms with Gasteiger partial charge in [0.05, 0.1) is 12.1 Å². The molecule has 1 aliphatic rings. The fraction of sp³-hybridized carbons (Fsp3) is 0.286. The Kier molecular flexibility index (Phi) is 3.85. The molecule has 1 aromatic heterocycles. The van der Waals surface area contributed by atoms with Gasteiger partial charge in [0.2, 0.25) is 0 Å². The second kappa shape index (κ2) is 6.16. The van der Waals surface area contributed by atoms with Crippen LogP contribution in [-0.4, -0.2) is 17.1 Å². The molecule has 3 nitrogen and oxygen atoms in total. The SMILES string of the molecule is CCOc1ccc(C(=O)n2c3c(c4ccccc42)CCCC3)cc1. The van der Waals surface area contributed by atoms with Crippen LogP contribution in [0, 0.1) is 0 Å². The van der Waals surface area contributed by atoms with Gasteiger partial charge >= 0.3 is 0 Å². The molecular weight excluding hydrogens is 298 g/mol. The number of hydrogen-bond donors (Lipinski definition) is 0. The van der Waals surface area contributed by atoms with Crippen LogP contribution in [0.4, 0.5) is 0 Å². The summed E-state index contributed by atoms with van der Waals surface area (Å²) in [7, 11) is 0. The summed E-state index contributed by atoms with van der Waals surface area (Å²) in [5.74, 6) is 0.853. The number of carbonyl (C=O) groups is 1. The predicted octanol–water partition coefficient (Wildman–Crippen LogP) is 4.61. The molecule has 1 heterocycles. The average molecular weight is 319 g/mol. The lowest BCUT2D eigenvalue weighted by molar-refractivity contribution is 0.0961. The van der Waals surface area contributed by atoms with Gasteiger partial charge in [-0.1, -0.05) is 18.2 Å². The van der Waals surface area contributed by atoms with E-state index in [0.717, 1.165) is 30.5 Å². The number of carbonyl (C=O) groups excluding carboxylic acids is 1. The maximum atomic E-state index is 13.2. The first-order chi connectivity index (χ1) is 11.8. The van der Waals surface area contributed by atoms with E-state index in [0.29, 0.717) is 12.2 Å². The van der Waals surface area contributed by atoms with Gasteiger partial charge in [-0.15, -0.1) is 0 Å². The Morgan fingerprint density at radius 2 is 1.79 bits per heavy atom. The Balaban J connectivity index is 1.82. The number of benzene rings is 2. The lowest BCUT2D eigenvalue weighted by Crippen LogP contribution is -2.17. The van der Waals surface area contributed by atoms with E-state index in [2.05, 4.69) is 18.2 Å². The van der Waals surface area contributed by atoms with E-state index in [4.69, 9.17) is 4.74 Å². The van der Waals surface area contributed by atoms with Crippen LogP contribution in [0.15, 0.2) is 48.5 Å². The molecule has 122 valence electrons. The van der Waals surface area contributed by atoms with E-state index < -0.39 is 0 Å². The zero-order chi connectivity index (χ0) is 16.5. The average Bonchev–Trinajstić information content (AvgIpc) is 2.97. The van der Waals surface area contributed by atoms with Crippen LogP contribution in [0.3, 0.4) is 0 Å². The van der Waals surface area contributed by atoms with Crippen molar-refractivity contribution in [1.29, 1.82) is 0 Å². The molecule has 0 atom stereocenters. The van der Waals surface area contributed by atoms with Crippen molar-refractivity contribution in [2.75, 3.05) is 6.61 Å². The van der Waals surface area contributed by atoms with Gasteiger partial charge in [0.1, 0.15) is 5.75 Å². The third-order valence-corrected chi connectivity index (χ3v) is 4.79. The minimum Gasteiger partial charge on any atom is -0.494 e. The van der Waals surface area contributed by atoms with Gasteiger partial charge in [-0.2, -0.15) is 0 Å². The summed E-state index contributed by atoms with van der Waals surface area (Å²) in [4.78, 5) is 13.2. The highest BCUT2D eigenvalue weighted by Gasteiger charge is 2.23. The van der Waals surface area contributed by atoms with Crippen molar-refractivity contribution < 1.29 is 9.53 Å². The molecular formula is C21H21NO2. The van der Waals surface area contributed by atoms with Crippen molar-refractivity contribution in [2.45, 2.75) is 32.6 Å². The molecule has 4 rings (SSSR count). The van der Waals surface area contributed by atoms with Crippen LogP contribution >= 0.6 is 0 Å². The lowest BCUT2D eigenvalue weighted by Gasteiger charge is -2.15. The molecule has 0 unspecified atom stereocenters. The van der Waals surface area contributed by atoms with Crippen molar-refractivity contribution in [2.24, 2.45) is 0 Å². The molecule has 0 saturated carbocycles. The van der Waals surface area contributed by atoms with E-state index in [9.17, 15) is 4.79 Å². The highest BCUT2D eigenvalue weighted by atomic mass is 16.5. The second-order valence-corrected chi connectivity index (χ2v) is 6.25. The summed E-state index contributed by atoms with van der Waals surface area (Å²) < 4.78 is 7.40. The largest absolute Gasteiger partial charge is 0.494 e.